The van der Waals surface area contributed by atoms with Crippen LogP contribution in [0.4, 0.5) is 0 Å². The molecule has 0 heterocycles. The summed E-state index contributed by atoms with van der Waals surface area (Å²) in [5.74, 6) is 0.461. The second-order valence-corrected chi connectivity index (χ2v) is 4.48. The summed E-state index contributed by atoms with van der Waals surface area (Å²) >= 11 is 0. The number of nitrogens with one attached hydrogen (secondary N) is 1. The van der Waals surface area contributed by atoms with Gasteiger partial charge in [0, 0.05) is 20.3 Å². The van der Waals surface area contributed by atoms with Crippen molar-refractivity contribution in [1.82, 2.24) is 5.32 Å². The van der Waals surface area contributed by atoms with E-state index in [4.69, 9.17) is 9.47 Å². The fourth-order valence-electron chi connectivity index (χ4n) is 1.67. The minimum atomic E-state index is -0.451. The standard InChI is InChI=1S/C15H23NO4/c1-3-14(17)12-5-7-13(8-6-12)20-11-15(18)16-9-4-10-19-2/h5-8,14,17H,3-4,9-11H2,1-2H3,(H,16,18)/t14-/m1/s1. The summed E-state index contributed by atoms with van der Waals surface area (Å²) in [7, 11) is 1.63. The lowest BCUT2D eigenvalue weighted by Gasteiger charge is -2.10. The first-order valence-corrected chi connectivity index (χ1v) is 6.83. The minimum absolute atomic E-state index is 0.0112. The monoisotopic (exact) mass is 281 g/mol. The summed E-state index contributed by atoms with van der Waals surface area (Å²) in [6.07, 6.45) is 1.00. The number of rotatable bonds is 9. The first-order valence-electron chi connectivity index (χ1n) is 6.83. The molecule has 0 bridgehead atoms. The van der Waals surface area contributed by atoms with E-state index in [1.165, 1.54) is 0 Å². The molecule has 1 amide bonds. The molecule has 1 aromatic rings. The third-order valence-corrected chi connectivity index (χ3v) is 2.87. The predicted molar refractivity (Wildman–Crippen MR) is 76.7 cm³/mol. The number of hydrogen-bond donors (Lipinski definition) is 2. The maximum atomic E-state index is 11.5. The number of aliphatic hydroxyl groups is 1. The zero-order valence-electron chi connectivity index (χ0n) is 12.1. The van der Waals surface area contributed by atoms with Crippen LogP contribution in [0.15, 0.2) is 24.3 Å². The first kappa shape index (κ1) is 16.5. The van der Waals surface area contributed by atoms with Crippen molar-refractivity contribution in [3.63, 3.8) is 0 Å². The third-order valence-electron chi connectivity index (χ3n) is 2.87. The van der Waals surface area contributed by atoms with Crippen molar-refractivity contribution < 1.29 is 19.4 Å². The van der Waals surface area contributed by atoms with Crippen LogP contribution in [0.1, 0.15) is 31.4 Å². The van der Waals surface area contributed by atoms with E-state index in [-0.39, 0.29) is 12.5 Å². The van der Waals surface area contributed by atoms with Crippen molar-refractivity contribution in [2.75, 3.05) is 26.9 Å². The predicted octanol–water partition coefficient (Wildman–Crippen LogP) is 1.66. The van der Waals surface area contributed by atoms with E-state index in [1.54, 1.807) is 31.4 Å². The summed E-state index contributed by atoms with van der Waals surface area (Å²) in [5, 5.41) is 12.4. The topological polar surface area (TPSA) is 67.8 Å². The number of carbonyl (C=O) groups is 1. The van der Waals surface area contributed by atoms with Crippen LogP contribution in [0, 0.1) is 0 Å². The molecular weight excluding hydrogens is 258 g/mol. The average molecular weight is 281 g/mol. The van der Waals surface area contributed by atoms with Gasteiger partial charge in [-0.3, -0.25) is 4.79 Å². The molecule has 1 aromatic carbocycles. The van der Waals surface area contributed by atoms with Crippen LogP contribution in [0.2, 0.25) is 0 Å². The zero-order chi connectivity index (χ0) is 14.8. The molecule has 0 saturated heterocycles. The fourth-order valence-corrected chi connectivity index (χ4v) is 1.67. The van der Waals surface area contributed by atoms with Gasteiger partial charge < -0.3 is 19.9 Å². The Labute approximate surface area is 119 Å². The molecule has 1 atom stereocenters. The van der Waals surface area contributed by atoms with E-state index < -0.39 is 6.10 Å². The van der Waals surface area contributed by atoms with Gasteiger partial charge in [0.05, 0.1) is 6.10 Å². The molecule has 0 saturated carbocycles. The van der Waals surface area contributed by atoms with Gasteiger partial charge in [-0.05, 0) is 30.5 Å². The highest BCUT2D eigenvalue weighted by molar-refractivity contribution is 5.77. The van der Waals surface area contributed by atoms with Crippen LogP contribution in [0.5, 0.6) is 5.75 Å². The van der Waals surface area contributed by atoms with Crippen molar-refractivity contribution in [2.24, 2.45) is 0 Å². The molecule has 112 valence electrons. The normalized spacial score (nSPS) is 11.9. The Kier molecular flexibility index (Phi) is 7.69. The fraction of sp³-hybridized carbons (Fsp3) is 0.533. The highest BCUT2D eigenvalue weighted by Crippen LogP contribution is 2.19. The van der Waals surface area contributed by atoms with Crippen LogP contribution in [-0.2, 0) is 9.53 Å². The van der Waals surface area contributed by atoms with Gasteiger partial charge in [-0.15, -0.1) is 0 Å². The van der Waals surface area contributed by atoms with Crippen molar-refractivity contribution >= 4 is 5.91 Å². The van der Waals surface area contributed by atoms with Gasteiger partial charge in [-0.1, -0.05) is 19.1 Å². The summed E-state index contributed by atoms with van der Waals surface area (Å²) in [6, 6.07) is 7.12. The zero-order valence-corrected chi connectivity index (χ0v) is 12.1. The Bertz CT molecular complexity index is 391. The summed E-state index contributed by atoms with van der Waals surface area (Å²) < 4.78 is 10.3. The van der Waals surface area contributed by atoms with Gasteiger partial charge in [0.25, 0.3) is 5.91 Å². The van der Waals surface area contributed by atoms with Gasteiger partial charge in [-0.25, -0.2) is 0 Å². The molecule has 0 radical (unpaired) electrons. The second-order valence-electron chi connectivity index (χ2n) is 4.48. The molecule has 0 aromatic heterocycles. The van der Waals surface area contributed by atoms with E-state index in [9.17, 15) is 9.90 Å². The first-order chi connectivity index (χ1) is 9.67. The van der Waals surface area contributed by atoms with Gasteiger partial charge in [0.1, 0.15) is 5.75 Å². The smallest absolute Gasteiger partial charge is 0.257 e. The maximum absolute atomic E-state index is 11.5. The molecule has 0 unspecified atom stereocenters. The molecule has 0 aliphatic heterocycles. The number of benzene rings is 1. The van der Waals surface area contributed by atoms with Crippen molar-refractivity contribution in [1.29, 1.82) is 0 Å². The number of aliphatic hydroxyl groups excluding tert-OH is 1. The Morgan fingerprint density at radius 3 is 2.65 bits per heavy atom. The van der Waals surface area contributed by atoms with Gasteiger partial charge in [0.15, 0.2) is 6.61 Å². The number of methoxy groups -OCH3 is 1. The van der Waals surface area contributed by atoms with Crippen LogP contribution < -0.4 is 10.1 Å². The molecular formula is C15H23NO4. The van der Waals surface area contributed by atoms with Gasteiger partial charge in [0.2, 0.25) is 0 Å². The molecule has 0 spiro atoms. The molecule has 2 N–H and O–H groups in total. The lowest BCUT2D eigenvalue weighted by molar-refractivity contribution is -0.123. The highest BCUT2D eigenvalue weighted by atomic mass is 16.5. The van der Waals surface area contributed by atoms with Crippen LogP contribution >= 0.6 is 0 Å². The van der Waals surface area contributed by atoms with E-state index in [0.29, 0.717) is 25.3 Å². The van der Waals surface area contributed by atoms with Crippen molar-refractivity contribution in [3.8, 4) is 5.75 Å². The SMILES string of the molecule is CC[C@@H](O)c1ccc(OCC(=O)NCCCOC)cc1. The van der Waals surface area contributed by atoms with E-state index in [2.05, 4.69) is 5.32 Å². The number of amides is 1. The Hall–Kier alpha value is -1.59. The van der Waals surface area contributed by atoms with Crippen LogP contribution in [-0.4, -0.2) is 37.9 Å². The maximum Gasteiger partial charge on any atom is 0.257 e. The molecule has 0 aliphatic carbocycles. The summed E-state index contributed by atoms with van der Waals surface area (Å²) in [4.78, 5) is 11.5. The molecule has 5 nitrogen and oxygen atoms in total. The summed E-state index contributed by atoms with van der Waals surface area (Å²) in [6.45, 7) is 3.12. The van der Waals surface area contributed by atoms with Crippen LogP contribution in [0.3, 0.4) is 0 Å². The Morgan fingerprint density at radius 2 is 2.05 bits per heavy atom. The third kappa shape index (κ3) is 6.04. The second kappa shape index (κ2) is 9.34. The van der Waals surface area contributed by atoms with E-state index in [0.717, 1.165) is 12.0 Å². The minimum Gasteiger partial charge on any atom is -0.484 e. The largest absolute Gasteiger partial charge is 0.484 e. The van der Waals surface area contributed by atoms with Crippen molar-refractivity contribution in [2.45, 2.75) is 25.9 Å². The molecule has 0 aliphatic rings. The number of hydrogen-bond acceptors (Lipinski definition) is 4. The van der Waals surface area contributed by atoms with Gasteiger partial charge >= 0.3 is 0 Å². The highest BCUT2D eigenvalue weighted by Gasteiger charge is 2.05. The van der Waals surface area contributed by atoms with Crippen LogP contribution in [0.25, 0.3) is 0 Å². The Balaban J connectivity index is 2.29. The lowest BCUT2D eigenvalue weighted by Crippen LogP contribution is -2.30. The van der Waals surface area contributed by atoms with E-state index >= 15 is 0 Å². The van der Waals surface area contributed by atoms with E-state index in [1.807, 2.05) is 6.92 Å². The Morgan fingerprint density at radius 1 is 1.35 bits per heavy atom. The van der Waals surface area contributed by atoms with Gasteiger partial charge in [-0.2, -0.15) is 0 Å². The molecule has 1 rings (SSSR count). The molecule has 0 fully saturated rings. The van der Waals surface area contributed by atoms with Crippen molar-refractivity contribution in [3.05, 3.63) is 29.8 Å². The average Bonchev–Trinajstić information content (AvgIpc) is 2.49. The number of carbonyl (C=O) groups excluding carboxylic acids is 1. The summed E-state index contributed by atoms with van der Waals surface area (Å²) in [5.41, 5.74) is 0.851. The molecule has 20 heavy (non-hydrogen) atoms. The number of ether oxygens (including phenoxy) is 2. The lowest BCUT2D eigenvalue weighted by atomic mass is 10.1. The molecule has 5 heteroatoms. The quantitative estimate of drug-likeness (QED) is 0.676.